The number of nitrogens with one attached hydrogen (secondary N) is 1. The van der Waals surface area contributed by atoms with Crippen molar-refractivity contribution in [2.45, 2.75) is 13.0 Å². The zero-order chi connectivity index (χ0) is 14.1. The van der Waals surface area contributed by atoms with Crippen LogP contribution in [0.15, 0.2) is 47.1 Å². The number of aryl methyl sites for hydroxylation is 1. The predicted octanol–water partition coefficient (Wildman–Crippen LogP) is 2.83. The van der Waals surface area contributed by atoms with Crippen molar-refractivity contribution in [3.63, 3.8) is 0 Å². The van der Waals surface area contributed by atoms with Crippen LogP contribution in [0.2, 0.25) is 0 Å². The van der Waals surface area contributed by atoms with Gasteiger partial charge >= 0.3 is 0 Å². The summed E-state index contributed by atoms with van der Waals surface area (Å²) in [6, 6.07) is 8.19. The Balaban J connectivity index is 2.09. The number of rotatable bonds is 3. The van der Waals surface area contributed by atoms with E-state index in [4.69, 9.17) is 10.3 Å². The van der Waals surface area contributed by atoms with Gasteiger partial charge in [-0.2, -0.15) is 0 Å². The number of benzene rings is 1. The third-order valence-electron chi connectivity index (χ3n) is 3.20. The molecule has 102 valence electrons. The molecule has 0 saturated carbocycles. The molecule has 4 nitrogen and oxygen atoms in total. The van der Waals surface area contributed by atoms with Crippen molar-refractivity contribution >= 4 is 11.0 Å². The van der Waals surface area contributed by atoms with Crippen molar-refractivity contribution < 1.29 is 8.81 Å². The second-order valence-corrected chi connectivity index (χ2v) is 4.70. The number of nitrogens with zero attached hydrogens (tertiary/aromatic N) is 1. The lowest BCUT2D eigenvalue weighted by Gasteiger charge is -2.13. The van der Waals surface area contributed by atoms with Crippen LogP contribution in [0.1, 0.15) is 22.9 Å². The van der Waals surface area contributed by atoms with Gasteiger partial charge in [-0.05, 0) is 30.2 Å². The van der Waals surface area contributed by atoms with Gasteiger partial charge in [-0.25, -0.2) is 9.82 Å². The van der Waals surface area contributed by atoms with Crippen LogP contribution in [0.25, 0.3) is 11.0 Å². The van der Waals surface area contributed by atoms with E-state index in [9.17, 15) is 4.39 Å². The molecule has 0 bridgehead atoms. The van der Waals surface area contributed by atoms with Crippen molar-refractivity contribution in [2.24, 2.45) is 5.84 Å². The molecule has 0 aliphatic carbocycles. The lowest BCUT2D eigenvalue weighted by atomic mass is 10.1. The summed E-state index contributed by atoms with van der Waals surface area (Å²) in [5.41, 5.74) is 4.81. The highest BCUT2D eigenvalue weighted by Gasteiger charge is 2.18. The van der Waals surface area contributed by atoms with E-state index in [0.29, 0.717) is 11.1 Å². The Kier molecular flexibility index (Phi) is 3.22. The first-order chi connectivity index (χ1) is 9.69. The molecule has 1 aromatic carbocycles. The second kappa shape index (κ2) is 5.03. The summed E-state index contributed by atoms with van der Waals surface area (Å²) in [5, 5.41) is 0.709. The Morgan fingerprint density at radius 2 is 2.15 bits per heavy atom. The van der Waals surface area contributed by atoms with Gasteiger partial charge in [0.05, 0.1) is 0 Å². The summed E-state index contributed by atoms with van der Waals surface area (Å²) in [7, 11) is 0. The van der Waals surface area contributed by atoms with Crippen LogP contribution in [0.5, 0.6) is 0 Å². The molecule has 1 atom stereocenters. The van der Waals surface area contributed by atoms with Crippen molar-refractivity contribution in [3.8, 4) is 0 Å². The maximum atomic E-state index is 13.7. The maximum absolute atomic E-state index is 13.7. The first kappa shape index (κ1) is 12.8. The molecule has 0 radical (unpaired) electrons. The van der Waals surface area contributed by atoms with Gasteiger partial charge in [0.25, 0.3) is 0 Å². The third kappa shape index (κ3) is 2.17. The lowest BCUT2D eigenvalue weighted by molar-refractivity contribution is 0.464. The van der Waals surface area contributed by atoms with Gasteiger partial charge in [-0.3, -0.25) is 10.8 Å². The standard InChI is InChI=1S/C15H14FN3O/c1-9-5-11(8-18-7-9)14(19-17)13-6-10-3-2-4-12(16)15(10)20-13/h2-8,14,19H,17H2,1H3. The largest absolute Gasteiger partial charge is 0.456 e. The van der Waals surface area contributed by atoms with Gasteiger partial charge in [-0.1, -0.05) is 18.2 Å². The Labute approximate surface area is 115 Å². The number of fused-ring (bicyclic) bond motifs is 1. The summed E-state index contributed by atoms with van der Waals surface area (Å²) in [4.78, 5) is 4.14. The van der Waals surface area contributed by atoms with Crippen LogP contribution in [0.4, 0.5) is 4.39 Å². The molecule has 1 unspecified atom stereocenters. The topological polar surface area (TPSA) is 64.1 Å². The van der Waals surface area contributed by atoms with Crippen LogP contribution < -0.4 is 11.3 Å². The first-order valence-electron chi connectivity index (χ1n) is 6.24. The van der Waals surface area contributed by atoms with E-state index in [1.165, 1.54) is 6.07 Å². The molecule has 0 saturated heterocycles. The number of halogens is 1. The molecule has 3 aromatic rings. The van der Waals surface area contributed by atoms with Gasteiger partial charge in [0, 0.05) is 17.8 Å². The summed E-state index contributed by atoms with van der Waals surface area (Å²) in [6.45, 7) is 1.95. The minimum absolute atomic E-state index is 0.239. The van der Waals surface area contributed by atoms with E-state index in [2.05, 4.69) is 10.4 Å². The second-order valence-electron chi connectivity index (χ2n) is 4.70. The fourth-order valence-corrected chi connectivity index (χ4v) is 2.27. The minimum Gasteiger partial charge on any atom is -0.456 e. The number of hydrazine groups is 1. The van der Waals surface area contributed by atoms with Crippen LogP contribution in [0.3, 0.4) is 0 Å². The van der Waals surface area contributed by atoms with Crippen LogP contribution >= 0.6 is 0 Å². The van der Waals surface area contributed by atoms with Crippen molar-refractivity contribution in [1.29, 1.82) is 0 Å². The molecular formula is C15H14FN3O. The quantitative estimate of drug-likeness (QED) is 0.568. The highest BCUT2D eigenvalue weighted by atomic mass is 19.1. The SMILES string of the molecule is Cc1cncc(C(NN)c2cc3cccc(F)c3o2)c1. The molecule has 20 heavy (non-hydrogen) atoms. The lowest BCUT2D eigenvalue weighted by Crippen LogP contribution is -2.28. The fourth-order valence-electron chi connectivity index (χ4n) is 2.27. The van der Waals surface area contributed by atoms with E-state index in [0.717, 1.165) is 11.1 Å². The van der Waals surface area contributed by atoms with E-state index in [1.807, 2.05) is 13.0 Å². The summed E-state index contributed by atoms with van der Waals surface area (Å²) < 4.78 is 19.3. The molecule has 5 heteroatoms. The maximum Gasteiger partial charge on any atom is 0.169 e. The van der Waals surface area contributed by atoms with Crippen LogP contribution in [-0.2, 0) is 0 Å². The van der Waals surface area contributed by atoms with Gasteiger partial charge < -0.3 is 4.42 Å². The molecule has 2 heterocycles. The molecular weight excluding hydrogens is 257 g/mol. The van der Waals surface area contributed by atoms with E-state index < -0.39 is 0 Å². The summed E-state index contributed by atoms with van der Waals surface area (Å²) in [5.74, 6) is 5.79. The first-order valence-corrected chi connectivity index (χ1v) is 6.24. The highest BCUT2D eigenvalue weighted by Crippen LogP contribution is 2.29. The third-order valence-corrected chi connectivity index (χ3v) is 3.20. The predicted molar refractivity (Wildman–Crippen MR) is 74.3 cm³/mol. The number of hydrogen-bond donors (Lipinski definition) is 2. The molecule has 3 N–H and O–H groups in total. The van der Waals surface area contributed by atoms with Crippen molar-refractivity contribution in [2.75, 3.05) is 0 Å². The molecule has 0 aliphatic heterocycles. The van der Waals surface area contributed by atoms with Gasteiger partial charge in [0.15, 0.2) is 11.4 Å². The minimum atomic E-state index is -0.383. The molecule has 0 aliphatic rings. The molecule has 2 aromatic heterocycles. The summed E-state index contributed by atoms with van der Waals surface area (Å²) >= 11 is 0. The molecule has 3 rings (SSSR count). The van der Waals surface area contributed by atoms with Crippen LogP contribution in [0, 0.1) is 12.7 Å². The molecule has 0 fully saturated rings. The Morgan fingerprint density at radius 1 is 1.30 bits per heavy atom. The monoisotopic (exact) mass is 271 g/mol. The van der Waals surface area contributed by atoms with E-state index >= 15 is 0 Å². The Bertz CT molecular complexity index is 754. The number of aromatic nitrogens is 1. The van der Waals surface area contributed by atoms with Gasteiger partial charge in [0.1, 0.15) is 11.8 Å². The van der Waals surface area contributed by atoms with E-state index in [-0.39, 0.29) is 17.4 Å². The number of para-hydroxylation sites is 1. The summed E-state index contributed by atoms with van der Waals surface area (Å²) in [6.07, 6.45) is 3.47. The van der Waals surface area contributed by atoms with Gasteiger partial charge in [0.2, 0.25) is 0 Å². The normalized spacial score (nSPS) is 12.8. The van der Waals surface area contributed by atoms with Crippen LogP contribution in [-0.4, -0.2) is 4.98 Å². The fraction of sp³-hybridized carbons (Fsp3) is 0.133. The average Bonchev–Trinajstić information content (AvgIpc) is 2.85. The Morgan fingerprint density at radius 3 is 2.85 bits per heavy atom. The number of hydrogen-bond acceptors (Lipinski definition) is 4. The molecule has 0 spiro atoms. The van der Waals surface area contributed by atoms with Gasteiger partial charge in [-0.15, -0.1) is 0 Å². The van der Waals surface area contributed by atoms with Crippen molar-refractivity contribution in [1.82, 2.24) is 10.4 Å². The Hall–Kier alpha value is -2.24. The highest BCUT2D eigenvalue weighted by molar-refractivity contribution is 5.78. The number of furan rings is 1. The average molecular weight is 271 g/mol. The zero-order valence-corrected chi connectivity index (χ0v) is 10.9. The smallest absolute Gasteiger partial charge is 0.169 e. The number of pyridine rings is 1. The zero-order valence-electron chi connectivity index (χ0n) is 10.9. The molecule has 0 amide bonds. The van der Waals surface area contributed by atoms with Crippen molar-refractivity contribution in [3.05, 3.63) is 65.4 Å². The number of nitrogens with two attached hydrogens (primary N) is 1. The van der Waals surface area contributed by atoms with E-state index in [1.54, 1.807) is 30.6 Å².